The molecule has 1 aromatic heterocycles. The minimum atomic E-state index is -4.47. The van der Waals surface area contributed by atoms with E-state index >= 15 is 0 Å². The second kappa shape index (κ2) is 7.67. The minimum Gasteiger partial charge on any atom is -0.389 e. The van der Waals surface area contributed by atoms with Crippen molar-refractivity contribution in [3.63, 3.8) is 0 Å². The molecule has 146 valence electrons. The maximum atomic E-state index is 12.9. The molecule has 0 spiro atoms. The molecule has 2 aliphatic rings. The molecule has 0 bridgehead atoms. The van der Waals surface area contributed by atoms with E-state index in [4.69, 9.17) is 0 Å². The van der Waals surface area contributed by atoms with Crippen LogP contribution in [0.1, 0.15) is 18.5 Å². The van der Waals surface area contributed by atoms with Crippen molar-refractivity contribution >= 4 is 5.82 Å². The van der Waals surface area contributed by atoms with Crippen molar-refractivity contribution in [2.75, 3.05) is 37.6 Å². The Hall–Kier alpha value is -1.42. The fourth-order valence-corrected chi connectivity index (χ4v) is 3.77. The predicted molar refractivity (Wildman–Crippen MR) is 88.6 cm³/mol. The van der Waals surface area contributed by atoms with Crippen LogP contribution in [-0.4, -0.2) is 76.2 Å². The molecule has 0 radical (unpaired) electrons. The molecule has 3 rings (SSSR count). The highest BCUT2D eigenvalue weighted by atomic mass is 19.4. The number of aromatic nitrogens is 1. The summed E-state index contributed by atoms with van der Waals surface area (Å²) >= 11 is 0. The van der Waals surface area contributed by atoms with Crippen molar-refractivity contribution in [1.82, 2.24) is 9.88 Å². The summed E-state index contributed by atoms with van der Waals surface area (Å²) in [5.41, 5.74) is -0.895. The zero-order valence-electron chi connectivity index (χ0n) is 14.3. The van der Waals surface area contributed by atoms with E-state index in [0.29, 0.717) is 25.5 Å². The van der Waals surface area contributed by atoms with Crippen LogP contribution in [0, 0.1) is 5.92 Å². The lowest BCUT2D eigenvalue weighted by Gasteiger charge is -2.41. The number of hydrogen-bond acceptors (Lipinski definition) is 6. The largest absolute Gasteiger partial charge is 0.433 e. The van der Waals surface area contributed by atoms with Crippen LogP contribution >= 0.6 is 0 Å². The summed E-state index contributed by atoms with van der Waals surface area (Å²) < 4.78 is 38.6. The van der Waals surface area contributed by atoms with Crippen LogP contribution < -0.4 is 4.90 Å². The van der Waals surface area contributed by atoms with Crippen molar-refractivity contribution in [3.05, 3.63) is 23.9 Å². The predicted octanol–water partition coefficient (Wildman–Crippen LogP) is 0.715. The summed E-state index contributed by atoms with van der Waals surface area (Å²) in [5, 5.41) is 29.2. The van der Waals surface area contributed by atoms with E-state index in [9.17, 15) is 28.5 Å². The van der Waals surface area contributed by atoms with Crippen molar-refractivity contribution < 1.29 is 28.5 Å². The number of aliphatic hydroxyl groups excluding tert-OH is 3. The van der Waals surface area contributed by atoms with Crippen LogP contribution in [0.5, 0.6) is 0 Å². The summed E-state index contributed by atoms with van der Waals surface area (Å²) in [6.07, 6.45) is -5.84. The maximum Gasteiger partial charge on any atom is 0.433 e. The van der Waals surface area contributed by atoms with E-state index in [2.05, 4.69) is 4.98 Å². The van der Waals surface area contributed by atoms with Gasteiger partial charge < -0.3 is 20.2 Å². The number of anilines is 1. The molecule has 0 aliphatic carbocycles. The average molecular weight is 375 g/mol. The molecule has 2 saturated heterocycles. The van der Waals surface area contributed by atoms with Gasteiger partial charge in [-0.25, -0.2) is 4.98 Å². The molecule has 3 heterocycles. The van der Waals surface area contributed by atoms with Gasteiger partial charge >= 0.3 is 6.18 Å². The molecule has 3 N–H and O–H groups in total. The minimum absolute atomic E-state index is 0.190. The van der Waals surface area contributed by atoms with Crippen LogP contribution in [0.25, 0.3) is 0 Å². The standard InChI is InChI=1S/C17H24F3N3O3/c18-17(19,20)14-4-1-5-15(21-14)23-6-2-3-11(8-23)7-22-9-12(24)16(26)13(25)10-22/h1,4-5,11-13,16,24-26H,2-3,6-10H2/t11-,12?,13?,16?/m0/s1. The van der Waals surface area contributed by atoms with E-state index < -0.39 is 30.2 Å². The Morgan fingerprint density at radius 3 is 2.42 bits per heavy atom. The topological polar surface area (TPSA) is 80.1 Å². The van der Waals surface area contributed by atoms with Gasteiger partial charge in [0, 0.05) is 32.7 Å². The summed E-state index contributed by atoms with van der Waals surface area (Å²) in [6.45, 7) is 2.37. The lowest BCUT2D eigenvalue weighted by atomic mass is 9.95. The summed E-state index contributed by atoms with van der Waals surface area (Å²) in [5.74, 6) is 0.508. The van der Waals surface area contributed by atoms with Crippen LogP contribution in [0.3, 0.4) is 0 Å². The highest BCUT2D eigenvalue weighted by Crippen LogP contribution is 2.30. The highest BCUT2D eigenvalue weighted by molar-refractivity contribution is 5.40. The molecular formula is C17H24F3N3O3. The van der Waals surface area contributed by atoms with E-state index in [1.165, 1.54) is 6.07 Å². The Kier molecular flexibility index (Phi) is 5.71. The normalized spacial score (nSPS) is 31.2. The third-order valence-corrected chi connectivity index (χ3v) is 5.06. The fourth-order valence-electron chi connectivity index (χ4n) is 3.77. The lowest BCUT2D eigenvalue weighted by Crippen LogP contribution is -2.56. The number of β-amino-alcohol motifs (C(OH)–C–C–N with tert-alkyl or cyclic N) is 2. The zero-order valence-corrected chi connectivity index (χ0v) is 14.3. The Bertz CT molecular complexity index is 604. The van der Waals surface area contributed by atoms with Gasteiger partial charge in [0.2, 0.25) is 0 Å². The maximum absolute atomic E-state index is 12.9. The van der Waals surface area contributed by atoms with Gasteiger partial charge in [0.25, 0.3) is 0 Å². The molecule has 26 heavy (non-hydrogen) atoms. The average Bonchev–Trinajstić information content (AvgIpc) is 2.59. The van der Waals surface area contributed by atoms with Gasteiger partial charge in [-0.2, -0.15) is 13.2 Å². The Morgan fingerprint density at radius 2 is 1.77 bits per heavy atom. The van der Waals surface area contributed by atoms with Crippen LogP contribution in [0.4, 0.5) is 19.0 Å². The molecule has 2 aliphatic heterocycles. The van der Waals surface area contributed by atoms with Crippen LogP contribution in [0.2, 0.25) is 0 Å². The third kappa shape index (κ3) is 4.46. The Balaban J connectivity index is 1.63. The van der Waals surface area contributed by atoms with Crippen molar-refractivity contribution in [1.29, 1.82) is 0 Å². The molecule has 3 atom stereocenters. The molecule has 0 amide bonds. The molecule has 0 saturated carbocycles. The van der Waals surface area contributed by atoms with E-state index in [1.54, 1.807) is 6.07 Å². The van der Waals surface area contributed by atoms with Gasteiger partial charge in [0.1, 0.15) is 17.6 Å². The molecule has 0 aromatic carbocycles. The first-order valence-electron chi connectivity index (χ1n) is 8.80. The number of alkyl halides is 3. The number of pyridine rings is 1. The van der Waals surface area contributed by atoms with Crippen LogP contribution in [0.15, 0.2) is 18.2 Å². The summed E-state index contributed by atoms with van der Waals surface area (Å²) in [6, 6.07) is 3.92. The molecular weight excluding hydrogens is 351 g/mol. The first-order chi connectivity index (χ1) is 12.2. The van der Waals surface area contributed by atoms with Crippen molar-refractivity contribution in [2.24, 2.45) is 5.92 Å². The molecule has 6 nitrogen and oxygen atoms in total. The summed E-state index contributed by atoms with van der Waals surface area (Å²) in [7, 11) is 0. The second-order valence-electron chi connectivity index (χ2n) is 7.18. The second-order valence-corrected chi connectivity index (χ2v) is 7.18. The molecule has 9 heteroatoms. The number of halogens is 3. The first kappa shape index (κ1) is 19.3. The Labute approximate surface area is 149 Å². The SMILES string of the molecule is OC1CN(C[C@@H]2CCCN(c3cccc(C(F)(F)F)n3)C2)CC(O)C1O. The van der Waals surface area contributed by atoms with Gasteiger partial charge in [-0.1, -0.05) is 6.07 Å². The van der Waals surface area contributed by atoms with Crippen molar-refractivity contribution in [3.8, 4) is 0 Å². The number of likely N-dealkylation sites (tertiary alicyclic amines) is 1. The first-order valence-corrected chi connectivity index (χ1v) is 8.80. The smallest absolute Gasteiger partial charge is 0.389 e. The van der Waals surface area contributed by atoms with Gasteiger partial charge in [0.15, 0.2) is 0 Å². The van der Waals surface area contributed by atoms with Crippen LogP contribution in [-0.2, 0) is 6.18 Å². The molecule has 1 aromatic rings. The van der Waals surface area contributed by atoms with Gasteiger partial charge in [-0.3, -0.25) is 4.90 Å². The quantitative estimate of drug-likeness (QED) is 0.722. The van der Waals surface area contributed by atoms with Crippen molar-refractivity contribution in [2.45, 2.75) is 37.3 Å². The van der Waals surface area contributed by atoms with Gasteiger partial charge in [-0.15, -0.1) is 0 Å². The Morgan fingerprint density at radius 1 is 1.08 bits per heavy atom. The number of hydrogen-bond donors (Lipinski definition) is 3. The molecule has 2 unspecified atom stereocenters. The molecule has 2 fully saturated rings. The number of piperidine rings is 2. The van der Waals surface area contributed by atoms with Gasteiger partial charge in [0.05, 0.1) is 12.2 Å². The number of aliphatic hydroxyl groups is 3. The van der Waals surface area contributed by atoms with E-state index in [1.807, 2.05) is 9.80 Å². The number of rotatable bonds is 3. The fraction of sp³-hybridized carbons (Fsp3) is 0.706. The monoisotopic (exact) mass is 375 g/mol. The number of nitrogens with zero attached hydrogens (tertiary/aromatic N) is 3. The van der Waals surface area contributed by atoms with E-state index in [0.717, 1.165) is 18.9 Å². The highest BCUT2D eigenvalue weighted by Gasteiger charge is 2.35. The summed E-state index contributed by atoms with van der Waals surface area (Å²) in [4.78, 5) is 7.51. The van der Waals surface area contributed by atoms with E-state index in [-0.39, 0.29) is 19.0 Å². The van der Waals surface area contributed by atoms with Gasteiger partial charge in [-0.05, 0) is 30.9 Å². The lowest BCUT2D eigenvalue weighted by molar-refractivity contribution is -0.141. The zero-order chi connectivity index (χ0) is 18.9. The third-order valence-electron chi connectivity index (χ3n) is 5.06.